The first-order chi connectivity index (χ1) is 7.25. The molecule has 3 nitrogen and oxygen atoms in total. The van der Waals surface area contributed by atoms with Gasteiger partial charge in [0.1, 0.15) is 0 Å². The summed E-state index contributed by atoms with van der Waals surface area (Å²) >= 11 is 0. The van der Waals surface area contributed by atoms with Gasteiger partial charge in [0, 0.05) is 20.3 Å². The summed E-state index contributed by atoms with van der Waals surface area (Å²) in [5.74, 6) is 0. The van der Waals surface area contributed by atoms with Gasteiger partial charge in [-0.2, -0.15) is 0 Å². The van der Waals surface area contributed by atoms with E-state index < -0.39 is 0 Å². The van der Waals surface area contributed by atoms with Crippen LogP contribution in [0.5, 0.6) is 0 Å². The van der Waals surface area contributed by atoms with E-state index in [1.807, 2.05) is 6.92 Å². The van der Waals surface area contributed by atoms with Gasteiger partial charge < -0.3 is 14.6 Å². The smallest absolute Gasteiger partial charge is 0.0940 e. The molecule has 1 aliphatic rings. The molecule has 0 amide bonds. The zero-order valence-corrected chi connectivity index (χ0v) is 10.00. The minimum Gasteiger partial charge on any atom is -0.390 e. The van der Waals surface area contributed by atoms with Crippen molar-refractivity contribution >= 4 is 0 Å². The van der Waals surface area contributed by atoms with Gasteiger partial charge in [-0.15, -0.1) is 0 Å². The molecule has 90 valence electrons. The van der Waals surface area contributed by atoms with E-state index in [1.165, 1.54) is 12.8 Å². The summed E-state index contributed by atoms with van der Waals surface area (Å²) in [6.45, 7) is 3.42. The Morgan fingerprint density at radius 1 is 1.33 bits per heavy atom. The third-order valence-corrected chi connectivity index (χ3v) is 3.32. The monoisotopic (exact) mass is 216 g/mol. The third-order valence-electron chi connectivity index (χ3n) is 3.32. The third kappa shape index (κ3) is 3.44. The number of aliphatic hydroxyl groups is 1. The average molecular weight is 216 g/mol. The number of methoxy groups -OCH3 is 1. The lowest BCUT2D eigenvalue weighted by Gasteiger charge is -2.34. The fourth-order valence-electron chi connectivity index (χ4n) is 2.52. The van der Waals surface area contributed by atoms with Crippen LogP contribution in [0, 0.1) is 0 Å². The molecule has 1 atom stereocenters. The highest BCUT2D eigenvalue weighted by Gasteiger charge is 2.40. The van der Waals surface area contributed by atoms with Gasteiger partial charge in [0.15, 0.2) is 0 Å². The van der Waals surface area contributed by atoms with Crippen molar-refractivity contribution in [1.82, 2.24) is 0 Å². The molecule has 0 aromatic heterocycles. The predicted molar refractivity (Wildman–Crippen MR) is 59.9 cm³/mol. The Kier molecular flexibility index (Phi) is 5.58. The van der Waals surface area contributed by atoms with E-state index in [2.05, 4.69) is 0 Å². The van der Waals surface area contributed by atoms with E-state index in [0.29, 0.717) is 6.61 Å². The van der Waals surface area contributed by atoms with Gasteiger partial charge in [-0.05, 0) is 32.6 Å². The molecule has 1 aliphatic carbocycles. The first kappa shape index (κ1) is 12.9. The predicted octanol–water partition coefficient (Wildman–Crippen LogP) is 2.12. The van der Waals surface area contributed by atoms with Crippen molar-refractivity contribution in [3.8, 4) is 0 Å². The Balaban J connectivity index is 2.40. The van der Waals surface area contributed by atoms with Crippen LogP contribution in [0.25, 0.3) is 0 Å². The van der Waals surface area contributed by atoms with Crippen LogP contribution in [0.15, 0.2) is 0 Å². The Hall–Kier alpha value is -0.120. The van der Waals surface area contributed by atoms with Gasteiger partial charge in [0.05, 0.1) is 11.7 Å². The van der Waals surface area contributed by atoms with E-state index in [4.69, 9.17) is 9.47 Å². The molecule has 1 N–H and O–H groups in total. The number of aliphatic hydroxyl groups excluding tert-OH is 1. The minimum absolute atomic E-state index is 0.248. The second-order valence-electron chi connectivity index (χ2n) is 4.36. The molecule has 0 spiro atoms. The second kappa shape index (κ2) is 6.46. The van der Waals surface area contributed by atoms with Crippen LogP contribution < -0.4 is 0 Å². The summed E-state index contributed by atoms with van der Waals surface area (Å²) in [6.07, 6.45) is 5.75. The van der Waals surface area contributed by atoms with E-state index in [9.17, 15) is 5.11 Å². The topological polar surface area (TPSA) is 38.7 Å². The fraction of sp³-hybridized carbons (Fsp3) is 1.00. The van der Waals surface area contributed by atoms with Crippen LogP contribution in [0.3, 0.4) is 0 Å². The molecule has 1 unspecified atom stereocenters. The van der Waals surface area contributed by atoms with Crippen molar-refractivity contribution in [3.05, 3.63) is 0 Å². The summed E-state index contributed by atoms with van der Waals surface area (Å²) in [7, 11) is 1.69. The lowest BCUT2D eigenvalue weighted by atomic mass is 9.91. The zero-order chi connectivity index (χ0) is 11.1. The average Bonchev–Trinajstić information content (AvgIpc) is 2.68. The molecule has 0 aromatic rings. The van der Waals surface area contributed by atoms with Crippen molar-refractivity contribution in [3.63, 3.8) is 0 Å². The normalized spacial score (nSPS) is 21.8. The second-order valence-corrected chi connectivity index (χ2v) is 4.36. The van der Waals surface area contributed by atoms with Gasteiger partial charge in [-0.25, -0.2) is 0 Å². The van der Waals surface area contributed by atoms with Gasteiger partial charge in [0.2, 0.25) is 0 Å². The SMILES string of the molecule is CCOC1(C(O)CCCOC)CCCC1. The maximum atomic E-state index is 10.2. The highest BCUT2D eigenvalue weighted by atomic mass is 16.5. The Bertz CT molecular complexity index is 164. The quantitative estimate of drug-likeness (QED) is 0.662. The molecule has 0 saturated heterocycles. The molecular weight excluding hydrogens is 192 g/mol. The Morgan fingerprint density at radius 2 is 2.00 bits per heavy atom. The van der Waals surface area contributed by atoms with Gasteiger partial charge in [0.25, 0.3) is 0 Å². The van der Waals surface area contributed by atoms with Crippen LogP contribution >= 0.6 is 0 Å². The summed E-state index contributed by atoms with van der Waals surface area (Å²) in [5.41, 5.74) is -0.248. The minimum atomic E-state index is -0.324. The molecular formula is C12H24O3. The summed E-state index contributed by atoms with van der Waals surface area (Å²) < 4.78 is 10.8. The van der Waals surface area contributed by atoms with Crippen molar-refractivity contribution in [2.75, 3.05) is 20.3 Å². The lowest BCUT2D eigenvalue weighted by Crippen LogP contribution is -2.42. The first-order valence-corrected chi connectivity index (χ1v) is 6.06. The zero-order valence-electron chi connectivity index (χ0n) is 10.00. The van der Waals surface area contributed by atoms with E-state index in [1.54, 1.807) is 7.11 Å². The Morgan fingerprint density at radius 3 is 2.53 bits per heavy atom. The van der Waals surface area contributed by atoms with Crippen LogP contribution in [0.1, 0.15) is 45.4 Å². The van der Waals surface area contributed by atoms with Crippen LogP contribution in [-0.2, 0) is 9.47 Å². The molecule has 1 rings (SSSR count). The van der Waals surface area contributed by atoms with Crippen molar-refractivity contribution < 1.29 is 14.6 Å². The molecule has 1 fully saturated rings. The summed E-state index contributed by atoms with van der Waals surface area (Å²) in [4.78, 5) is 0. The molecule has 15 heavy (non-hydrogen) atoms. The van der Waals surface area contributed by atoms with Crippen molar-refractivity contribution in [2.24, 2.45) is 0 Å². The largest absolute Gasteiger partial charge is 0.390 e. The molecule has 0 radical (unpaired) electrons. The number of rotatable bonds is 7. The number of hydrogen-bond acceptors (Lipinski definition) is 3. The van der Waals surface area contributed by atoms with Gasteiger partial charge in [-0.1, -0.05) is 12.8 Å². The van der Waals surface area contributed by atoms with E-state index in [0.717, 1.165) is 32.3 Å². The molecule has 0 aliphatic heterocycles. The molecule has 3 heteroatoms. The number of hydrogen-bond donors (Lipinski definition) is 1. The standard InChI is InChI=1S/C12H24O3/c1-3-15-12(8-4-5-9-12)11(13)7-6-10-14-2/h11,13H,3-10H2,1-2H3. The molecule has 0 bridgehead atoms. The van der Waals surface area contributed by atoms with Crippen LogP contribution in [0.2, 0.25) is 0 Å². The fourth-order valence-corrected chi connectivity index (χ4v) is 2.52. The highest BCUT2D eigenvalue weighted by Crippen LogP contribution is 2.37. The number of ether oxygens (including phenoxy) is 2. The maximum absolute atomic E-state index is 10.2. The van der Waals surface area contributed by atoms with E-state index >= 15 is 0 Å². The van der Waals surface area contributed by atoms with Crippen molar-refractivity contribution in [1.29, 1.82) is 0 Å². The maximum Gasteiger partial charge on any atom is 0.0940 e. The van der Waals surface area contributed by atoms with Crippen LogP contribution in [0.4, 0.5) is 0 Å². The van der Waals surface area contributed by atoms with E-state index in [-0.39, 0.29) is 11.7 Å². The molecule has 0 heterocycles. The van der Waals surface area contributed by atoms with Crippen molar-refractivity contribution in [2.45, 2.75) is 57.2 Å². The van der Waals surface area contributed by atoms with Crippen LogP contribution in [-0.4, -0.2) is 37.1 Å². The first-order valence-electron chi connectivity index (χ1n) is 6.06. The lowest BCUT2D eigenvalue weighted by molar-refractivity contribution is -0.119. The molecule has 1 saturated carbocycles. The van der Waals surface area contributed by atoms with Gasteiger partial charge in [-0.3, -0.25) is 0 Å². The Labute approximate surface area is 92.8 Å². The molecule has 0 aromatic carbocycles. The summed E-state index contributed by atoms with van der Waals surface area (Å²) in [6, 6.07) is 0. The highest BCUT2D eigenvalue weighted by molar-refractivity contribution is 4.92. The summed E-state index contributed by atoms with van der Waals surface area (Å²) in [5, 5.41) is 10.2. The van der Waals surface area contributed by atoms with Gasteiger partial charge >= 0.3 is 0 Å².